The summed E-state index contributed by atoms with van der Waals surface area (Å²) in [5.41, 5.74) is 6.30. The maximum absolute atomic E-state index is 13.0. The summed E-state index contributed by atoms with van der Waals surface area (Å²) in [6.07, 6.45) is 0. The maximum atomic E-state index is 13.0. The summed E-state index contributed by atoms with van der Waals surface area (Å²) in [5, 5.41) is 11.1. The van der Waals surface area contributed by atoms with E-state index in [0.717, 1.165) is 12.1 Å². The number of hydrogen-bond donors (Lipinski definition) is 2. The second-order valence-corrected chi connectivity index (χ2v) is 4.03. The first-order valence-corrected chi connectivity index (χ1v) is 5.56. The van der Waals surface area contributed by atoms with Crippen LogP contribution in [0.2, 0.25) is 0 Å². The molecule has 1 amide bonds. The zero-order valence-corrected chi connectivity index (χ0v) is 10.2. The SMILES string of the molecule is N#Cc1ccc(NC(=O)c2cc(F)cc(F)c2)c(N)c1. The lowest BCUT2D eigenvalue weighted by Gasteiger charge is -2.08. The van der Waals surface area contributed by atoms with Crippen LogP contribution in [0.4, 0.5) is 20.2 Å². The molecule has 0 aromatic heterocycles. The van der Waals surface area contributed by atoms with Gasteiger partial charge in [0.1, 0.15) is 11.6 Å². The van der Waals surface area contributed by atoms with Gasteiger partial charge in [0.2, 0.25) is 0 Å². The number of rotatable bonds is 2. The maximum Gasteiger partial charge on any atom is 0.255 e. The number of nitriles is 1. The van der Waals surface area contributed by atoms with Crippen molar-refractivity contribution in [1.29, 1.82) is 5.26 Å². The fourth-order valence-electron chi connectivity index (χ4n) is 1.63. The molecular weight excluding hydrogens is 264 g/mol. The molecule has 0 aliphatic carbocycles. The van der Waals surface area contributed by atoms with Crippen molar-refractivity contribution >= 4 is 17.3 Å². The lowest BCUT2D eigenvalue weighted by atomic mass is 10.1. The second kappa shape index (κ2) is 5.36. The Bertz CT molecular complexity index is 703. The molecule has 100 valence electrons. The van der Waals surface area contributed by atoms with Gasteiger partial charge < -0.3 is 11.1 Å². The Morgan fingerprint density at radius 2 is 1.80 bits per heavy atom. The topological polar surface area (TPSA) is 78.9 Å². The van der Waals surface area contributed by atoms with E-state index in [-0.39, 0.29) is 16.9 Å². The summed E-state index contributed by atoms with van der Waals surface area (Å²) < 4.78 is 26.0. The predicted molar refractivity (Wildman–Crippen MR) is 69.9 cm³/mol. The number of nitrogen functional groups attached to an aromatic ring is 1. The highest BCUT2D eigenvalue weighted by atomic mass is 19.1. The van der Waals surface area contributed by atoms with E-state index < -0.39 is 17.5 Å². The number of nitrogens with zero attached hydrogens (tertiary/aromatic N) is 1. The van der Waals surface area contributed by atoms with E-state index in [1.807, 2.05) is 6.07 Å². The molecule has 0 fully saturated rings. The van der Waals surface area contributed by atoms with E-state index in [4.69, 9.17) is 11.0 Å². The molecule has 0 heterocycles. The van der Waals surface area contributed by atoms with Gasteiger partial charge in [-0.05, 0) is 30.3 Å². The third-order valence-corrected chi connectivity index (χ3v) is 2.55. The Morgan fingerprint density at radius 1 is 1.15 bits per heavy atom. The number of anilines is 2. The normalized spacial score (nSPS) is 9.85. The van der Waals surface area contributed by atoms with E-state index in [2.05, 4.69) is 5.32 Å². The zero-order chi connectivity index (χ0) is 14.7. The Balaban J connectivity index is 2.26. The van der Waals surface area contributed by atoms with E-state index >= 15 is 0 Å². The fraction of sp³-hybridized carbons (Fsp3) is 0. The third-order valence-electron chi connectivity index (χ3n) is 2.55. The molecule has 0 aliphatic heterocycles. The van der Waals surface area contributed by atoms with Gasteiger partial charge in [-0.25, -0.2) is 8.78 Å². The average molecular weight is 273 g/mol. The zero-order valence-electron chi connectivity index (χ0n) is 10.2. The van der Waals surface area contributed by atoms with Crippen molar-refractivity contribution in [2.45, 2.75) is 0 Å². The molecular formula is C14H9F2N3O. The van der Waals surface area contributed by atoms with E-state index in [9.17, 15) is 13.6 Å². The van der Waals surface area contributed by atoms with Crippen LogP contribution >= 0.6 is 0 Å². The van der Waals surface area contributed by atoms with E-state index in [1.165, 1.54) is 18.2 Å². The summed E-state index contributed by atoms with van der Waals surface area (Å²) in [6.45, 7) is 0. The molecule has 0 aliphatic rings. The predicted octanol–water partition coefficient (Wildman–Crippen LogP) is 2.67. The highest BCUT2D eigenvalue weighted by Crippen LogP contribution is 2.20. The molecule has 4 nitrogen and oxygen atoms in total. The molecule has 6 heteroatoms. The quantitative estimate of drug-likeness (QED) is 0.825. The number of hydrogen-bond acceptors (Lipinski definition) is 3. The molecule has 0 saturated heterocycles. The molecule has 0 atom stereocenters. The molecule has 0 radical (unpaired) electrons. The van der Waals surface area contributed by atoms with Crippen LogP contribution in [0.25, 0.3) is 0 Å². The second-order valence-electron chi connectivity index (χ2n) is 4.03. The highest BCUT2D eigenvalue weighted by molar-refractivity contribution is 6.05. The first-order valence-electron chi connectivity index (χ1n) is 5.56. The molecule has 3 N–H and O–H groups in total. The van der Waals surface area contributed by atoms with Crippen molar-refractivity contribution in [3.8, 4) is 6.07 Å². The number of nitrogens with two attached hydrogens (primary N) is 1. The smallest absolute Gasteiger partial charge is 0.255 e. The van der Waals surface area contributed by atoms with Gasteiger partial charge in [0, 0.05) is 11.6 Å². The van der Waals surface area contributed by atoms with Gasteiger partial charge in [-0.2, -0.15) is 5.26 Å². The summed E-state index contributed by atoms with van der Waals surface area (Å²) in [4.78, 5) is 11.9. The summed E-state index contributed by atoms with van der Waals surface area (Å²) in [7, 11) is 0. The molecule has 2 aromatic carbocycles. The van der Waals surface area contributed by atoms with Gasteiger partial charge in [0.25, 0.3) is 5.91 Å². The summed E-state index contributed by atoms with van der Waals surface area (Å²) in [5.74, 6) is -2.38. The van der Waals surface area contributed by atoms with Crippen LogP contribution in [0, 0.1) is 23.0 Å². The minimum Gasteiger partial charge on any atom is -0.397 e. The van der Waals surface area contributed by atoms with Crippen molar-refractivity contribution in [3.63, 3.8) is 0 Å². The number of benzene rings is 2. The van der Waals surface area contributed by atoms with Crippen LogP contribution in [0.1, 0.15) is 15.9 Å². The fourth-order valence-corrected chi connectivity index (χ4v) is 1.63. The Kier molecular flexibility index (Phi) is 3.62. The summed E-state index contributed by atoms with van der Waals surface area (Å²) in [6, 6.07) is 8.71. The summed E-state index contributed by atoms with van der Waals surface area (Å²) >= 11 is 0. The number of nitrogens with one attached hydrogen (secondary N) is 1. The van der Waals surface area contributed by atoms with Crippen molar-refractivity contribution in [2.75, 3.05) is 11.1 Å². The van der Waals surface area contributed by atoms with Crippen LogP contribution < -0.4 is 11.1 Å². The van der Waals surface area contributed by atoms with Crippen LogP contribution in [-0.4, -0.2) is 5.91 Å². The average Bonchev–Trinajstić information content (AvgIpc) is 2.39. The van der Waals surface area contributed by atoms with Gasteiger partial charge in [0.15, 0.2) is 0 Å². The molecule has 0 saturated carbocycles. The molecule has 0 unspecified atom stereocenters. The van der Waals surface area contributed by atoms with Gasteiger partial charge in [-0.15, -0.1) is 0 Å². The number of amides is 1. The lowest BCUT2D eigenvalue weighted by molar-refractivity contribution is 0.102. The molecule has 2 aromatic rings. The number of carbonyl (C=O) groups is 1. The van der Waals surface area contributed by atoms with Crippen molar-refractivity contribution in [1.82, 2.24) is 0 Å². The molecule has 0 spiro atoms. The molecule has 2 rings (SSSR count). The monoisotopic (exact) mass is 273 g/mol. The minimum absolute atomic E-state index is 0.161. The third kappa shape index (κ3) is 2.90. The lowest BCUT2D eigenvalue weighted by Crippen LogP contribution is -2.13. The molecule has 20 heavy (non-hydrogen) atoms. The number of halogens is 2. The highest BCUT2D eigenvalue weighted by Gasteiger charge is 2.11. The van der Waals surface area contributed by atoms with E-state index in [1.54, 1.807) is 0 Å². The van der Waals surface area contributed by atoms with Crippen molar-refractivity contribution in [2.24, 2.45) is 0 Å². The van der Waals surface area contributed by atoms with Crippen LogP contribution in [0.3, 0.4) is 0 Å². The first kappa shape index (κ1) is 13.5. The van der Waals surface area contributed by atoms with E-state index in [0.29, 0.717) is 11.6 Å². The van der Waals surface area contributed by atoms with Gasteiger partial charge in [-0.3, -0.25) is 4.79 Å². The van der Waals surface area contributed by atoms with Gasteiger partial charge in [-0.1, -0.05) is 0 Å². The minimum atomic E-state index is -0.844. The molecule has 0 bridgehead atoms. The van der Waals surface area contributed by atoms with Crippen LogP contribution in [0.15, 0.2) is 36.4 Å². The number of carbonyl (C=O) groups excluding carboxylic acids is 1. The Morgan fingerprint density at radius 3 is 2.35 bits per heavy atom. The Hall–Kier alpha value is -2.94. The first-order chi connectivity index (χ1) is 9.49. The van der Waals surface area contributed by atoms with Gasteiger partial charge >= 0.3 is 0 Å². The van der Waals surface area contributed by atoms with Crippen LogP contribution in [-0.2, 0) is 0 Å². The van der Waals surface area contributed by atoms with Crippen molar-refractivity contribution in [3.05, 3.63) is 59.2 Å². The van der Waals surface area contributed by atoms with Crippen LogP contribution in [0.5, 0.6) is 0 Å². The van der Waals surface area contributed by atoms with Crippen molar-refractivity contribution < 1.29 is 13.6 Å². The largest absolute Gasteiger partial charge is 0.397 e. The standard InChI is InChI=1S/C14H9F2N3O/c15-10-4-9(5-11(16)6-10)14(20)19-13-2-1-8(7-17)3-12(13)18/h1-6H,18H2,(H,19,20). The van der Waals surface area contributed by atoms with Gasteiger partial charge in [0.05, 0.1) is 23.0 Å². The Labute approximate surface area is 113 Å².